The van der Waals surface area contributed by atoms with Crippen molar-refractivity contribution in [1.29, 1.82) is 0 Å². The Labute approximate surface area is 443 Å². The van der Waals surface area contributed by atoms with E-state index in [1.165, 1.54) is 14.2 Å². The number of nitrogens with zero attached hydrogens (tertiary/aromatic N) is 1. The third-order valence-electron chi connectivity index (χ3n) is 16.0. The summed E-state index contributed by atoms with van der Waals surface area (Å²) in [5.41, 5.74) is -7.16. The van der Waals surface area contributed by atoms with Crippen LogP contribution in [-0.4, -0.2) is 31.8 Å². The van der Waals surface area contributed by atoms with Crippen LogP contribution >= 0.6 is 0 Å². The lowest BCUT2D eigenvalue weighted by Crippen LogP contribution is -2.56. The standard InChI is InChI=1S/C61H80F12NO2/c1-14-16-18-20-22-24-26-57(10,27-25-23-21-19-17-15-2)38(3)74(11)36-47-45(34-49(55(4,5)6)53(75-12)51(47)39-28-41(58(62,63)64)32-42(29-39)59(65,66)67)46-35-50(56(7,8)9)54(76-13)52(48(46)37-74)40-30-43(60(68,69)70)33-44(31-40)61(71,72)73/h28-35,38H,14-27,36-37H2,1-13H3/q+1/t38-/m0/s1. The van der Waals surface area contributed by atoms with E-state index in [4.69, 9.17) is 9.47 Å². The zero-order valence-electron chi connectivity index (χ0n) is 46.8. The van der Waals surface area contributed by atoms with Crippen LogP contribution in [-0.2, 0) is 48.6 Å². The van der Waals surface area contributed by atoms with E-state index in [1.807, 2.05) is 48.6 Å². The normalized spacial score (nSPS) is 15.1. The highest BCUT2D eigenvalue weighted by molar-refractivity contribution is 5.91. The Hall–Kier alpha value is -4.40. The lowest BCUT2D eigenvalue weighted by molar-refractivity contribution is -0.963. The second kappa shape index (κ2) is 23.5. The predicted octanol–water partition coefficient (Wildman–Crippen LogP) is 20.7. The van der Waals surface area contributed by atoms with Crippen molar-refractivity contribution in [3.63, 3.8) is 0 Å². The summed E-state index contributed by atoms with van der Waals surface area (Å²) in [6.45, 7) is 19.4. The van der Waals surface area contributed by atoms with Crippen molar-refractivity contribution in [2.24, 2.45) is 5.41 Å². The monoisotopic (exact) mass is 1090 g/mol. The highest BCUT2D eigenvalue weighted by Crippen LogP contribution is 2.56. The fraction of sp³-hybridized carbons (Fsp3) is 0.607. The summed E-state index contributed by atoms with van der Waals surface area (Å²) >= 11 is 0. The number of benzene rings is 4. The number of quaternary nitrogens is 1. The van der Waals surface area contributed by atoms with Crippen molar-refractivity contribution < 1.29 is 66.6 Å². The van der Waals surface area contributed by atoms with Crippen LogP contribution in [0, 0.1) is 5.41 Å². The first-order valence-corrected chi connectivity index (χ1v) is 26.9. The molecule has 4 aromatic rings. The minimum atomic E-state index is -5.21. The molecule has 0 aromatic heterocycles. The summed E-state index contributed by atoms with van der Waals surface area (Å²) in [7, 11) is 4.56. The van der Waals surface area contributed by atoms with Crippen LogP contribution in [0.15, 0.2) is 48.5 Å². The first-order valence-electron chi connectivity index (χ1n) is 26.9. The molecule has 1 aliphatic heterocycles. The third-order valence-corrected chi connectivity index (χ3v) is 16.0. The third kappa shape index (κ3) is 14.3. The van der Waals surface area contributed by atoms with Gasteiger partial charge in [0.15, 0.2) is 0 Å². The fourth-order valence-electron chi connectivity index (χ4n) is 11.5. The summed E-state index contributed by atoms with van der Waals surface area (Å²) in [6.07, 6.45) is -7.19. The molecular weight excluding hydrogens is 1010 g/mol. The van der Waals surface area contributed by atoms with E-state index in [0.717, 1.165) is 89.9 Å². The lowest BCUT2D eigenvalue weighted by atomic mass is 9.72. The molecule has 0 saturated carbocycles. The molecule has 0 aliphatic carbocycles. The van der Waals surface area contributed by atoms with E-state index in [-0.39, 0.29) is 58.4 Å². The van der Waals surface area contributed by atoms with Gasteiger partial charge in [-0.2, -0.15) is 52.7 Å². The van der Waals surface area contributed by atoms with E-state index in [2.05, 4.69) is 27.7 Å². The highest BCUT2D eigenvalue weighted by atomic mass is 19.4. The van der Waals surface area contributed by atoms with Gasteiger partial charge in [0.05, 0.1) is 49.6 Å². The largest absolute Gasteiger partial charge is 0.496 e. The van der Waals surface area contributed by atoms with Crippen molar-refractivity contribution in [2.75, 3.05) is 21.3 Å². The maximum Gasteiger partial charge on any atom is 0.416 e. The Bertz CT molecular complexity index is 2390. The van der Waals surface area contributed by atoms with Gasteiger partial charge in [-0.1, -0.05) is 139 Å². The number of alkyl halides is 12. The average Bonchev–Trinajstić information content (AvgIpc) is 3.43. The van der Waals surface area contributed by atoms with Crippen molar-refractivity contribution in [3.05, 3.63) is 93.0 Å². The average molecular weight is 1090 g/mol. The molecule has 1 heterocycles. The second-order valence-electron chi connectivity index (χ2n) is 24.0. The molecule has 0 spiro atoms. The van der Waals surface area contributed by atoms with Gasteiger partial charge in [0.1, 0.15) is 24.6 Å². The van der Waals surface area contributed by atoms with Crippen LogP contribution in [0.5, 0.6) is 11.5 Å². The van der Waals surface area contributed by atoms with Gasteiger partial charge < -0.3 is 14.0 Å². The molecule has 0 amide bonds. The predicted molar refractivity (Wildman–Crippen MR) is 280 cm³/mol. The Morgan fingerprint density at radius 3 is 1.00 bits per heavy atom. The number of hydrogen-bond donors (Lipinski definition) is 0. The minimum Gasteiger partial charge on any atom is -0.496 e. The van der Waals surface area contributed by atoms with E-state index in [0.29, 0.717) is 57.6 Å². The molecule has 0 bridgehead atoms. The van der Waals surface area contributed by atoms with E-state index < -0.39 is 74.3 Å². The highest BCUT2D eigenvalue weighted by Gasteiger charge is 2.48. The molecule has 0 fully saturated rings. The van der Waals surface area contributed by atoms with Gasteiger partial charge in [-0.3, -0.25) is 0 Å². The van der Waals surface area contributed by atoms with E-state index in [9.17, 15) is 52.7 Å². The molecule has 4 aromatic carbocycles. The maximum atomic E-state index is 14.9. The maximum absolute atomic E-state index is 14.9. The van der Waals surface area contributed by atoms with Crippen molar-refractivity contribution in [3.8, 4) is 44.9 Å². The van der Waals surface area contributed by atoms with E-state index >= 15 is 0 Å². The van der Waals surface area contributed by atoms with Crippen molar-refractivity contribution >= 4 is 0 Å². The zero-order valence-corrected chi connectivity index (χ0v) is 46.8. The van der Waals surface area contributed by atoms with Gasteiger partial charge >= 0.3 is 24.7 Å². The molecule has 0 N–H and O–H groups in total. The number of methoxy groups -OCH3 is 2. The quantitative estimate of drug-likeness (QED) is 0.0499. The summed E-state index contributed by atoms with van der Waals surface area (Å²) < 4.78 is 191. The fourth-order valence-corrected chi connectivity index (χ4v) is 11.5. The Morgan fingerprint density at radius 2 is 0.737 bits per heavy atom. The lowest BCUT2D eigenvalue weighted by Gasteiger charge is -2.49. The summed E-state index contributed by atoms with van der Waals surface area (Å²) in [5, 5.41) is 0. The van der Waals surface area contributed by atoms with Crippen molar-refractivity contribution in [1.82, 2.24) is 0 Å². The van der Waals surface area contributed by atoms with Crippen LogP contribution in [0.1, 0.15) is 204 Å². The number of rotatable bonds is 20. The van der Waals surface area contributed by atoms with Crippen LogP contribution in [0.2, 0.25) is 0 Å². The van der Waals surface area contributed by atoms with Crippen LogP contribution < -0.4 is 9.47 Å². The molecule has 0 unspecified atom stereocenters. The number of unbranched alkanes of at least 4 members (excludes halogenated alkanes) is 10. The number of hydrogen-bond acceptors (Lipinski definition) is 2. The Kier molecular flexibility index (Phi) is 19.3. The molecule has 424 valence electrons. The van der Waals surface area contributed by atoms with Crippen LogP contribution in [0.25, 0.3) is 33.4 Å². The molecule has 3 nitrogen and oxygen atoms in total. The molecule has 0 saturated heterocycles. The number of ether oxygens (including phenoxy) is 2. The molecule has 0 radical (unpaired) electrons. The molecule has 1 aliphatic rings. The molecular formula is C61H80F12NO2+. The first-order chi connectivity index (χ1) is 35.0. The molecule has 1 atom stereocenters. The zero-order chi connectivity index (χ0) is 57.2. The molecule has 76 heavy (non-hydrogen) atoms. The Balaban J connectivity index is 2.08. The molecule has 5 rings (SSSR count). The van der Waals surface area contributed by atoms with Crippen LogP contribution in [0.3, 0.4) is 0 Å². The number of fused-ring (bicyclic) bond motifs is 3. The second-order valence-corrected chi connectivity index (χ2v) is 24.0. The van der Waals surface area contributed by atoms with Gasteiger partial charge in [0, 0.05) is 38.8 Å². The molecule has 15 heteroatoms. The summed E-state index contributed by atoms with van der Waals surface area (Å²) in [5.74, 6) is 0.0847. The van der Waals surface area contributed by atoms with Gasteiger partial charge in [-0.05, 0) is 101 Å². The summed E-state index contributed by atoms with van der Waals surface area (Å²) in [4.78, 5) is 0. The smallest absolute Gasteiger partial charge is 0.416 e. The SMILES string of the molecule is CCCCCCCCC(C)(CCCCCCCC)[C@H](C)[N+]1(C)Cc2c(cc(C(C)(C)C)c(OC)c2-c2cc(C(F)(F)F)cc(C(F)(F)F)c2)-c2cc(C(C)(C)C)c(OC)c(-c3cc(C(F)(F)F)cc(C(F)(F)F)c3)c2C1. The van der Waals surface area contributed by atoms with Gasteiger partial charge in [-0.25, -0.2) is 0 Å². The van der Waals surface area contributed by atoms with Crippen molar-refractivity contribution in [2.45, 2.75) is 214 Å². The van der Waals surface area contributed by atoms with Gasteiger partial charge in [-0.15, -0.1) is 0 Å². The number of halogens is 12. The van der Waals surface area contributed by atoms with E-state index in [1.54, 1.807) is 12.1 Å². The van der Waals surface area contributed by atoms with Crippen LogP contribution in [0.4, 0.5) is 52.7 Å². The van der Waals surface area contributed by atoms with Gasteiger partial charge in [0.2, 0.25) is 0 Å². The minimum absolute atomic E-state index is 0.00557. The van der Waals surface area contributed by atoms with Gasteiger partial charge in [0.25, 0.3) is 0 Å². The topological polar surface area (TPSA) is 18.5 Å². The first kappa shape index (κ1) is 62.4. The summed E-state index contributed by atoms with van der Waals surface area (Å²) in [6, 6.07) is 6.14. The Morgan fingerprint density at radius 1 is 0.447 bits per heavy atom.